The van der Waals surface area contributed by atoms with E-state index in [9.17, 15) is 15.3 Å². The van der Waals surface area contributed by atoms with Crippen molar-refractivity contribution in [1.82, 2.24) is 5.32 Å². The Morgan fingerprint density at radius 1 is 1.05 bits per heavy atom. The predicted octanol–water partition coefficient (Wildman–Crippen LogP) is 2.27. The van der Waals surface area contributed by atoms with Crippen LogP contribution in [0.3, 0.4) is 0 Å². The fraction of sp³-hybridized carbons (Fsp3) is 0.600. The van der Waals surface area contributed by atoms with Crippen LogP contribution in [-0.2, 0) is 6.54 Å². The lowest BCUT2D eigenvalue weighted by molar-refractivity contribution is 0.0250. The summed E-state index contributed by atoms with van der Waals surface area (Å²) in [4.78, 5) is 0. The van der Waals surface area contributed by atoms with Crippen LogP contribution in [-0.4, -0.2) is 27.5 Å². The van der Waals surface area contributed by atoms with Gasteiger partial charge >= 0.3 is 0 Å². The monoisotopic (exact) mass is 265 g/mol. The number of hydrogen-bond donors (Lipinski definition) is 4. The maximum absolute atomic E-state index is 10.5. The highest BCUT2D eigenvalue weighted by Gasteiger charge is 2.27. The summed E-state index contributed by atoms with van der Waals surface area (Å²) in [5.41, 5.74) is 0.0281. The second-order valence-corrected chi connectivity index (χ2v) is 5.53. The van der Waals surface area contributed by atoms with Crippen molar-refractivity contribution in [3.8, 4) is 11.5 Å². The molecule has 4 N–H and O–H groups in total. The molecule has 0 radical (unpaired) electrons. The molecule has 1 aromatic rings. The molecule has 1 aliphatic carbocycles. The number of nitrogens with one attached hydrogen (secondary N) is 1. The van der Waals surface area contributed by atoms with Gasteiger partial charge in [0, 0.05) is 18.7 Å². The Kier molecular flexibility index (Phi) is 4.66. The van der Waals surface area contributed by atoms with Crippen LogP contribution in [0.2, 0.25) is 0 Å². The van der Waals surface area contributed by atoms with Crippen LogP contribution in [0, 0.1) is 0 Å². The van der Waals surface area contributed by atoms with Crippen LogP contribution in [0.15, 0.2) is 18.2 Å². The molecule has 2 rings (SSSR count). The van der Waals surface area contributed by atoms with Gasteiger partial charge in [-0.1, -0.05) is 37.8 Å². The Balaban J connectivity index is 1.87. The summed E-state index contributed by atoms with van der Waals surface area (Å²) in [6, 6.07) is 4.92. The number of aliphatic hydroxyl groups is 1. The highest BCUT2D eigenvalue weighted by atomic mass is 16.3. The van der Waals surface area contributed by atoms with Gasteiger partial charge in [-0.15, -0.1) is 0 Å². The maximum Gasteiger partial charge on any atom is 0.161 e. The van der Waals surface area contributed by atoms with Crippen molar-refractivity contribution in [3.63, 3.8) is 0 Å². The first-order chi connectivity index (χ1) is 9.11. The summed E-state index contributed by atoms with van der Waals surface area (Å²) < 4.78 is 0. The lowest BCUT2D eigenvalue weighted by Gasteiger charge is -2.27. The Bertz CT molecular complexity index is 412. The highest BCUT2D eigenvalue weighted by Crippen LogP contribution is 2.29. The van der Waals surface area contributed by atoms with E-state index < -0.39 is 5.60 Å². The number of benzene rings is 1. The summed E-state index contributed by atoms with van der Waals surface area (Å²) in [5, 5.41) is 32.8. The zero-order chi connectivity index (χ0) is 13.7. The number of phenols is 2. The average molecular weight is 265 g/mol. The SMILES string of the molecule is Oc1cccc(CNCC2(O)CCCCCC2)c1O. The molecule has 0 bridgehead atoms. The van der Waals surface area contributed by atoms with E-state index in [4.69, 9.17) is 0 Å². The lowest BCUT2D eigenvalue weighted by Crippen LogP contribution is -2.39. The Morgan fingerprint density at radius 3 is 2.42 bits per heavy atom. The minimum Gasteiger partial charge on any atom is -0.504 e. The molecular formula is C15H23NO3. The van der Waals surface area contributed by atoms with Crippen molar-refractivity contribution in [1.29, 1.82) is 0 Å². The van der Waals surface area contributed by atoms with E-state index in [0.717, 1.165) is 25.7 Å². The maximum atomic E-state index is 10.5. The third-order valence-corrected chi connectivity index (χ3v) is 3.90. The topological polar surface area (TPSA) is 72.7 Å². The average Bonchev–Trinajstić information content (AvgIpc) is 2.60. The quantitative estimate of drug-likeness (QED) is 0.498. The summed E-state index contributed by atoms with van der Waals surface area (Å²) in [5.74, 6) is -0.185. The van der Waals surface area contributed by atoms with Crippen molar-refractivity contribution in [2.24, 2.45) is 0 Å². The first kappa shape index (κ1) is 14.2. The molecule has 1 fully saturated rings. The first-order valence-corrected chi connectivity index (χ1v) is 7.04. The molecule has 0 aliphatic heterocycles. The van der Waals surface area contributed by atoms with E-state index in [-0.39, 0.29) is 11.5 Å². The van der Waals surface area contributed by atoms with E-state index in [0.29, 0.717) is 18.7 Å². The van der Waals surface area contributed by atoms with Gasteiger partial charge in [0.25, 0.3) is 0 Å². The molecule has 4 heteroatoms. The second-order valence-electron chi connectivity index (χ2n) is 5.53. The van der Waals surface area contributed by atoms with Crippen molar-refractivity contribution < 1.29 is 15.3 Å². The van der Waals surface area contributed by atoms with Crippen LogP contribution in [0.5, 0.6) is 11.5 Å². The molecule has 0 saturated heterocycles. The summed E-state index contributed by atoms with van der Waals surface area (Å²) in [7, 11) is 0. The van der Waals surface area contributed by atoms with Gasteiger partial charge in [0.05, 0.1) is 5.60 Å². The second kappa shape index (κ2) is 6.26. The molecule has 1 aliphatic rings. The fourth-order valence-electron chi connectivity index (χ4n) is 2.71. The Hall–Kier alpha value is -1.26. The normalized spacial score (nSPS) is 19.0. The minimum absolute atomic E-state index is 0.0807. The van der Waals surface area contributed by atoms with Crippen LogP contribution in [0.25, 0.3) is 0 Å². The van der Waals surface area contributed by atoms with Gasteiger partial charge < -0.3 is 20.6 Å². The number of para-hydroxylation sites is 1. The minimum atomic E-state index is -0.622. The van der Waals surface area contributed by atoms with Crippen LogP contribution in [0.4, 0.5) is 0 Å². The third-order valence-electron chi connectivity index (χ3n) is 3.90. The number of aromatic hydroxyl groups is 2. The molecular weight excluding hydrogens is 242 g/mol. The molecule has 0 spiro atoms. The number of phenolic OH excluding ortho intramolecular Hbond substituents is 2. The van der Waals surface area contributed by atoms with Crippen LogP contribution < -0.4 is 5.32 Å². The van der Waals surface area contributed by atoms with Gasteiger partial charge in [0.1, 0.15) is 0 Å². The zero-order valence-electron chi connectivity index (χ0n) is 11.2. The van der Waals surface area contributed by atoms with Gasteiger partial charge in [0.2, 0.25) is 0 Å². The van der Waals surface area contributed by atoms with Crippen molar-refractivity contribution in [2.45, 2.75) is 50.7 Å². The highest BCUT2D eigenvalue weighted by molar-refractivity contribution is 5.44. The molecule has 1 saturated carbocycles. The van der Waals surface area contributed by atoms with Gasteiger partial charge in [-0.3, -0.25) is 0 Å². The molecule has 0 heterocycles. The number of rotatable bonds is 4. The Morgan fingerprint density at radius 2 is 1.74 bits per heavy atom. The van der Waals surface area contributed by atoms with Gasteiger partial charge in [-0.2, -0.15) is 0 Å². The van der Waals surface area contributed by atoms with E-state index in [1.54, 1.807) is 12.1 Å². The number of hydrogen-bond acceptors (Lipinski definition) is 4. The molecule has 0 aromatic heterocycles. The summed E-state index contributed by atoms with van der Waals surface area (Å²) in [6.45, 7) is 0.977. The van der Waals surface area contributed by atoms with Gasteiger partial charge in [-0.05, 0) is 18.9 Å². The largest absolute Gasteiger partial charge is 0.504 e. The third kappa shape index (κ3) is 3.85. The van der Waals surface area contributed by atoms with E-state index in [2.05, 4.69) is 5.32 Å². The molecule has 1 aromatic carbocycles. The van der Waals surface area contributed by atoms with Crippen molar-refractivity contribution in [2.75, 3.05) is 6.54 Å². The summed E-state index contributed by atoms with van der Waals surface area (Å²) >= 11 is 0. The van der Waals surface area contributed by atoms with Crippen LogP contribution in [0.1, 0.15) is 44.1 Å². The standard InChI is InChI=1S/C15H23NO3/c17-13-7-5-6-12(14(13)18)10-16-11-15(19)8-3-1-2-4-9-15/h5-7,16-19H,1-4,8-11H2. The fourth-order valence-corrected chi connectivity index (χ4v) is 2.71. The molecule has 0 atom stereocenters. The van der Waals surface area contributed by atoms with Crippen LogP contribution >= 0.6 is 0 Å². The molecule has 0 amide bonds. The smallest absolute Gasteiger partial charge is 0.161 e. The molecule has 19 heavy (non-hydrogen) atoms. The molecule has 106 valence electrons. The predicted molar refractivity (Wildman–Crippen MR) is 74.1 cm³/mol. The van der Waals surface area contributed by atoms with E-state index in [1.165, 1.54) is 18.9 Å². The Labute approximate surface area is 114 Å². The van der Waals surface area contributed by atoms with Crippen molar-refractivity contribution >= 4 is 0 Å². The lowest BCUT2D eigenvalue weighted by atomic mass is 9.94. The van der Waals surface area contributed by atoms with Crippen molar-refractivity contribution in [3.05, 3.63) is 23.8 Å². The van der Waals surface area contributed by atoms with E-state index >= 15 is 0 Å². The molecule has 0 unspecified atom stereocenters. The van der Waals surface area contributed by atoms with E-state index in [1.807, 2.05) is 0 Å². The first-order valence-electron chi connectivity index (χ1n) is 7.04. The van der Waals surface area contributed by atoms with Gasteiger partial charge in [0.15, 0.2) is 11.5 Å². The molecule has 4 nitrogen and oxygen atoms in total. The zero-order valence-corrected chi connectivity index (χ0v) is 11.2. The summed E-state index contributed by atoms with van der Waals surface area (Å²) in [6.07, 6.45) is 6.24. The van der Waals surface area contributed by atoms with Gasteiger partial charge in [-0.25, -0.2) is 0 Å².